The lowest BCUT2D eigenvalue weighted by Crippen LogP contribution is -2.28. The number of sulfonamides is 1. The molecule has 0 saturated heterocycles. The van der Waals surface area contributed by atoms with Crippen molar-refractivity contribution in [2.75, 3.05) is 4.72 Å². The van der Waals surface area contributed by atoms with Gasteiger partial charge in [-0.05, 0) is 72.9 Å². The number of hydrogen-bond acceptors (Lipinski definition) is 3. The van der Waals surface area contributed by atoms with Gasteiger partial charge in [0.05, 0.1) is 10.9 Å². The second kappa shape index (κ2) is 7.91. The molecule has 3 aromatic carbocycles. The number of benzene rings is 3. The fraction of sp³-hybridized carbons (Fsp3) is 0.174. The van der Waals surface area contributed by atoms with Crippen molar-refractivity contribution in [2.45, 2.75) is 30.7 Å². The van der Waals surface area contributed by atoms with Crippen molar-refractivity contribution in [1.82, 2.24) is 5.32 Å². The maximum Gasteiger partial charge on any atom is 0.261 e. The Hall–Kier alpha value is -3.19. The summed E-state index contributed by atoms with van der Waals surface area (Å²) in [6.07, 6.45) is 1.71. The summed E-state index contributed by atoms with van der Waals surface area (Å²) >= 11 is 0. The van der Waals surface area contributed by atoms with E-state index in [2.05, 4.69) is 16.1 Å². The predicted octanol–water partition coefficient (Wildman–Crippen LogP) is 4.35. The Morgan fingerprint density at radius 1 is 1.03 bits per heavy atom. The highest BCUT2D eigenvalue weighted by molar-refractivity contribution is 7.92. The summed E-state index contributed by atoms with van der Waals surface area (Å²) in [5, 5.41) is 3.03. The molecule has 0 aromatic heterocycles. The van der Waals surface area contributed by atoms with Crippen LogP contribution in [0, 0.1) is 12.7 Å². The van der Waals surface area contributed by atoms with Crippen molar-refractivity contribution in [3.05, 3.63) is 94.8 Å². The number of hydrogen-bond donors (Lipinski definition) is 2. The van der Waals surface area contributed by atoms with Gasteiger partial charge in [-0.3, -0.25) is 9.52 Å². The Morgan fingerprint density at radius 2 is 1.77 bits per heavy atom. The van der Waals surface area contributed by atoms with E-state index in [1.165, 1.54) is 42.0 Å². The quantitative estimate of drug-likeness (QED) is 0.639. The van der Waals surface area contributed by atoms with Gasteiger partial charge >= 0.3 is 0 Å². The summed E-state index contributed by atoms with van der Waals surface area (Å²) in [6.45, 7) is 1.77. The van der Waals surface area contributed by atoms with Crippen molar-refractivity contribution in [1.29, 1.82) is 0 Å². The summed E-state index contributed by atoms with van der Waals surface area (Å²) < 4.78 is 41.0. The van der Waals surface area contributed by atoms with Crippen molar-refractivity contribution < 1.29 is 17.6 Å². The SMILES string of the molecule is Cc1ccc(S(=O)(=O)Nc2ccc(F)cc2)cc1C(=O)NC1CCc2ccccc21. The summed E-state index contributed by atoms with van der Waals surface area (Å²) in [6, 6.07) is 17.4. The Bertz CT molecular complexity index is 1210. The number of anilines is 1. The zero-order valence-corrected chi connectivity index (χ0v) is 17.2. The lowest BCUT2D eigenvalue weighted by Gasteiger charge is -2.16. The van der Waals surface area contributed by atoms with E-state index >= 15 is 0 Å². The first-order valence-electron chi connectivity index (χ1n) is 9.61. The molecule has 4 rings (SSSR count). The molecule has 0 heterocycles. The smallest absolute Gasteiger partial charge is 0.261 e. The van der Waals surface area contributed by atoms with Gasteiger partial charge < -0.3 is 5.32 Å². The zero-order valence-electron chi connectivity index (χ0n) is 16.4. The first kappa shape index (κ1) is 20.1. The molecule has 0 spiro atoms. The van der Waals surface area contributed by atoms with Crippen LogP contribution in [-0.4, -0.2) is 14.3 Å². The Balaban J connectivity index is 1.57. The maximum atomic E-state index is 13.1. The minimum atomic E-state index is -3.93. The van der Waals surface area contributed by atoms with Crippen molar-refractivity contribution in [2.24, 2.45) is 0 Å². The van der Waals surface area contributed by atoms with Crippen LogP contribution in [-0.2, 0) is 16.4 Å². The molecule has 0 bridgehead atoms. The highest BCUT2D eigenvalue weighted by Gasteiger charge is 2.25. The Morgan fingerprint density at radius 3 is 2.53 bits per heavy atom. The predicted molar refractivity (Wildman–Crippen MR) is 113 cm³/mol. The van der Waals surface area contributed by atoms with E-state index < -0.39 is 15.8 Å². The molecule has 0 saturated carbocycles. The minimum absolute atomic E-state index is 0.0330. The summed E-state index contributed by atoms with van der Waals surface area (Å²) in [5.41, 5.74) is 3.55. The number of aryl methyl sites for hydroxylation is 2. The normalized spacial score (nSPS) is 15.5. The molecular formula is C23H21FN2O3S. The van der Waals surface area contributed by atoms with E-state index in [0.29, 0.717) is 11.1 Å². The fourth-order valence-corrected chi connectivity index (χ4v) is 4.77. The maximum absolute atomic E-state index is 13.1. The third-order valence-electron chi connectivity index (χ3n) is 5.30. The topological polar surface area (TPSA) is 75.3 Å². The molecule has 0 aliphatic heterocycles. The van der Waals surface area contributed by atoms with Crippen molar-refractivity contribution in [3.8, 4) is 0 Å². The van der Waals surface area contributed by atoms with Crippen LogP contribution in [0.1, 0.15) is 39.5 Å². The number of amides is 1. The molecule has 1 amide bonds. The van der Waals surface area contributed by atoms with Crippen LogP contribution in [0.25, 0.3) is 0 Å². The lowest BCUT2D eigenvalue weighted by molar-refractivity contribution is 0.0936. The summed E-state index contributed by atoms with van der Waals surface area (Å²) in [7, 11) is -3.93. The molecule has 5 nitrogen and oxygen atoms in total. The molecule has 30 heavy (non-hydrogen) atoms. The van der Waals surface area contributed by atoms with Gasteiger partial charge in [-0.25, -0.2) is 12.8 Å². The number of fused-ring (bicyclic) bond motifs is 1. The van der Waals surface area contributed by atoms with Crippen LogP contribution in [0.15, 0.2) is 71.6 Å². The first-order chi connectivity index (χ1) is 14.3. The number of carbonyl (C=O) groups is 1. The highest BCUT2D eigenvalue weighted by Crippen LogP contribution is 2.31. The molecule has 7 heteroatoms. The Labute approximate surface area is 175 Å². The van der Waals surface area contributed by atoms with Gasteiger partial charge in [0, 0.05) is 11.3 Å². The Kier molecular flexibility index (Phi) is 5.30. The highest BCUT2D eigenvalue weighted by atomic mass is 32.2. The largest absolute Gasteiger partial charge is 0.345 e. The number of carbonyl (C=O) groups excluding carboxylic acids is 1. The van der Waals surface area contributed by atoms with E-state index in [1.807, 2.05) is 18.2 Å². The van der Waals surface area contributed by atoms with Crippen LogP contribution in [0.2, 0.25) is 0 Å². The van der Waals surface area contributed by atoms with Gasteiger partial charge in [-0.15, -0.1) is 0 Å². The van der Waals surface area contributed by atoms with Gasteiger partial charge in [0.25, 0.3) is 15.9 Å². The van der Waals surface area contributed by atoms with E-state index in [1.54, 1.807) is 13.0 Å². The van der Waals surface area contributed by atoms with Crippen LogP contribution >= 0.6 is 0 Å². The molecule has 1 atom stereocenters. The molecule has 3 aromatic rings. The van der Waals surface area contributed by atoms with Crippen LogP contribution in [0.4, 0.5) is 10.1 Å². The van der Waals surface area contributed by atoms with E-state index in [-0.39, 0.29) is 22.5 Å². The zero-order chi connectivity index (χ0) is 21.3. The van der Waals surface area contributed by atoms with Crippen LogP contribution < -0.4 is 10.0 Å². The second-order valence-electron chi connectivity index (χ2n) is 7.35. The lowest BCUT2D eigenvalue weighted by atomic mass is 10.1. The number of halogens is 1. The molecule has 1 aliphatic rings. The molecule has 1 aliphatic carbocycles. The molecule has 0 radical (unpaired) electrons. The first-order valence-corrected chi connectivity index (χ1v) is 11.1. The molecule has 2 N–H and O–H groups in total. The number of nitrogens with one attached hydrogen (secondary N) is 2. The van der Waals surface area contributed by atoms with E-state index in [9.17, 15) is 17.6 Å². The van der Waals surface area contributed by atoms with Crippen LogP contribution in [0.3, 0.4) is 0 Å². The van der Waals surface area contributed by atoms with Crippen molar-refractivity contribution >= 4 is 21.6 Å². The standard InChI is InChI=1S/C23H21FN2O3S/c1-15-6-12-19(30(28,29)26-18-10-8-17(24)9-11-18)14-21(15)23(27)25-22-13-7-16-4-2-3-5-20(16)22/h2-6,8-12,14,22,26H,7,13H2,1H3,(H,25,27). The van der Waals surface area contributed by atoms with Crippen molar-refractivity contribution in [3.63, 3.8) is 0 Å². The third kappa shape index (κ3) is 4.07. The molecule has 1 unspecified atom stereocenters. The van der Waals surface area contributed by atoms with E-state index in [4.69, 9.17) is 0 Å². The number of rotatable bonds is 5. The average molecular weight is 424 g/mol. The molecule has 154 valence electrons. The molecule has 0 fully saturated rings. The van der Waals surface area contributed by atoms with E-state index in [0.717, 1.165) is 18.4 Å². The minimum Gasteiger partial charge on any atom is -0.345 e. The van der Waals surface area contributed by atoms with Gasteiger partial charge in [0.15, 0.2) is 0 Å². The fourth-order valence-electron chi connectivity index (χ4n) is 3.69. The van der Waals surface area contributed by atoms with Gasteiger partial charge in [0.1, 0.15) is 5.82 Å². The molecular weight excluding hydrogens is 403 g/mol. The second-order valence-corrected chi connectivity index (χ2v) is 9.04. The third-order valence-corrected chi connectivity index (χ3v) is 6.68. The van der Waals surface area contributed by atoms with Gasteiger partial charge in [0.2, 0.25) is 0 Å². The monoisotopic (exact) mass is 424 g/mol. The van der Waals surface area contributed by atoms with Gasteiger partial charge in [-0.1, -0.05) is 30.3 Å². The van der Waals surface area contributed by atoms with Gasteiger partial charge in [-0.2, -0.15) is 0 Å². The summed E-state index contributed by atoms with van der Waals surface area (Å²) in [4.78, 5) is 12.9. The average Bonchev–Trinajstić information content (AvgIpc) is 3.12. The van der Waals surface area contributed by atoms with Crippen LogP contribution in [0.5, 0.6) is 0 Å². The summed E-state index contributed by atoms with van der Waals surface area (Å²) in [5.74, 6) is -0.770.